The van der Waals surface area contributed by atoms with E-state index in [1.165, 1.54) is 29.1 Å². The zero-order chi connectivity index (χ0) is 12.4. The van der Waals surface area contributed by atoms with Crippen LogP contribution >= 0.6 is 0 Å². The van der Waals surface area contributed by atoms with Crippen LogP contribution in [0.1, 0.15) is 16.1 Å². The first-order valence-corrected chi connectivity index (χ1v) is 4.70. The molecule has 7 heteroatoms. The normalized spacial score (nSPS) is 10.4. The molecule has 1 aromatic heterocycles. The number of phenols is 1. The van der Waals surface area contributed by atoms with Gasteiger partial charge in [-0.1, -0.05) is 5.21 Å². The highest BCUT2D eigenvalue weighted by Gasteiger charge is 2.11. The number of hydrogen-bond donors (Lipinski definition) is 3. The highest BCUT2D eigenvalue weighted by molar-refractivity contribution is 5.91. The van der Waals surface area contributed by atoms with Crippen molar-refractivity contribution in [1.82, 2.24) is 15.0 Å². The third kappa shape index (κ3) is 2.08. The van der Waals surface area contributed by atoms with Gasteiger partial charge in [-0.05, 0) is 18.2 Å². The van der Waals surface area contributed by atoms with Gasteiger partial charge in [0, 0.05) is 0 Å². The number of aromatic carboxylic acids is 1. The minimum atomic E-state index is -1.23. The molecule has 0 saturated heterocycles. The van der Waals surface area contributed by atoms with E-state index >= 15 is 0 Å². The summed E-state index contributed by atoms with van der Waals surface area (Å²) >= 11 is 0. The van der Waals surface area contributed by atoms with Crippen LogP contribution in [0.4, 0.5) is 0 Å². The molecule has 0 bridgehead atoms. The molecule has 0 aliphatic heterocycles. The molecular weight excluding hydrogens is 226 g/mol. The zero-order valence-corrected chi connectivity index (χ0v) is 8.61. The smallest absolute Gasteiger partial charge is 0.339 e. The van der Waals surface area contributed by atoms with Gasteiger partial charge in [0.2, 0.25) is 0 Å². The van der Waals surface area contributed by atoms with Crippen molar-refractivity contribution in [3.05, 3.63) is 35.7 Å². The maximum atomic E-state index is 10.8. The molecule has 0 atom stereocenters. The van der Waals surface area contributed by atoms with Crippen LogP contribution in [0.2, 0.25) is 0 Å². The van der Waals surface area contributed by atoms with Gasteiger partial charge < -0.3 is 15.3 Å². The average Bonchev–Trinajstić information content (AvgIpc) is 2.78. The molecule has 2 aromatic rings. The van der Waals surface area contributed by atoms with E-state index < -0.39 is 5.97 Å². The van der Waals surface area contributed by atoms with E-state index in [2.05, 4.69) is 10.3 Å². The second kappa shape index (κ2) is 4.22. The molecule has 88 valence electrons. The van der Waals surface area contributed by atoms with Crippen LogP contribution in [0.3, 0.4) is 0 Å². The third-order valence-electron chi connectivity index (χ3n) is 2.18. The zero-order valence-electron chi connectivity index (χ0n) is 8.61. The number of aromatic hydroxyl groups is 1. The number of rotatable bonds is 3. The molecule has 0 unspecified atom stereocenters. The van der Waals surface area contributed by atoms with E-state index in [0.717, 1.165) is 0 Å². The molecule has 0 radical (unpaired) electrons. The Morgan fingerprint density at radius 3 is 2.76 bits per heavy atom. The van der Waals surface area contributed by atoms with Crippen molar-refractivity contribution in [3.8, 4) is 11.4 Å². The molecule has 1 aromatic carbocycles. The Balaban J connectivity index is 2.46. The summed E-state index contributed by atoms with van der Waals surface area (Å²) in [7, 11) is 0. The van der Waals surface area contributed by atoms with Crippen LogP contribution in [-0.4, -0.2) is 36.3 Å². The largest absolute Gasteiger partial charge is 0.507 e. The van der Waals surface area contributed by atoms with Gasteiger partial charge in [0.25, 0.3) is 0 Å². The third-order valence-corrected chi connectivity index (χ3v) is 2.18. The lowest BCUT2D eigenvalue weighted by Gasteiger charge is -2.03. The first kappa shape index (κ1) is 11.1. The average molecular weight is 235 g/mol. The monoisotopic (exact) mass is 235 g/mol. The Bertz CT molecular complexity index is 564. The fraction of sp³-hybridized carbons (Fsp3) is 0.100. The van der Waals surface area contributed by atoms with Crippen molar-refractivity contribution >= 4 is 5.97 Å². The molecule has 0 aliphatic rings. The lowest BCUT2D eigenvalue weighted by atomic mass is 10.2. The van der Waals surface area contributed by atoms with Crippen LogP contribution in [0.5, 0.6) is 5.75 Å². The first-order valence-electron chi connectivity index (χ1n) is 4.70. The number of aromatic nitrogens is 3. The summed E-state index contributed by atoms with van der Waals surface area (Å²) in [6.45, 7) is -0.246. The van der Waals surface area contributed by atoms with E-state index in [-0.39, 0.29) is 17.9 Å². The Hall–Kier alpha value is -2.41. The number of aliphatic hydroxyl groups excluding tert-OH is 1. The summed E-state index contributed by atoms with van der Waals surface area (Å²) in [4.78, 5) is 10.8. The van der Waals surface area contributed by atoms with Gasteiger partial charge in [-0.25, -0.2) is 9.48 Å². The number of hydrogen-bond acceptors (Lipinski definition) is 5. The number of benzene rings is 1. The fourth-order valence-electron chi connectivity index (χ4n) is 1.33. The summed E-state index contributed by atoms with van der Waals surface area (Å²) in [5, 5.41) is 34.4. The minimum absolute atomic E-state index is 0.219. The number of carboxylic acids is 1. The highest BCUT2D eigenvalue weighted by atomic mass is 16.4. The van der Waals surface area contributed by atoms with Gasteiger partial charge in [-0.3, -0.25) is 0 Å². The Morgan fingerprint density at radius 2 is 2.18 bits per heavy atom. The van der Waals surface area contributed by atoms with Crippen LogP contribution in [0.25, 0.3) is 5.69 Å². The molecule has 0 aliphatic carbocycles. The predicted molar refractivity (Wildman–Crippen MR) is 55.9 cm³/mol. The van der Waals surface area contributed by atoms with E-state index in [1.54, 1.807) is 0 Å². The molecule has 1 heterocycles. The lowest BCUT2D eigenvalue weighted by Crippen LogP contribution is -2.01. The predicted octanol–water partition coefficient (Wildman–Crippen LogP) is 0.163. The summed E-state index contributed by atoms with van der Waals surface area (Å²) in [6.07, 6.45) is 1.47. The molecule has 7 nitrogen and oxygen atoms in total. The molecule has 0 spiro atoms. The summed E-state index contributed by atoms with van der Waals surface area (Å²) < 4.78 is 1.32. The maximum Gasteiger partial charge on any atom is 0.339 e. The molecule has 17 heavy (non-hydrogen) atoms. The van der Waals surface area contributed by atoms with Crippen LogP contribution in [0.15, 0.2) is 24.4 Å². The van der Waals surface area contributed by atoms with Gasteiger partial charge in [0.1, 0.15) is 17.0 Å². The van der Waals surface area contributed by atoms with Gasteiger partial charge >= 0.3 is 5.97 Å². The van der Waals surface area contributed by atoms with Crippen LogP contribution < -0.4 is 0 Å². The van der Waals surface area contributed by atoms with Crippen molar-refractivity contribution in [2.24, 2.45) is 0 Å². The molecule has 0 amide bonds. The van der Waals surface area contributed by atoms with Crippen molar-refractivity contribution in [1.29, 1.82) is 0 Å². The molecule has 0 saturated carbocycles. The minimum Gasteiger partial charge on any atom is -0.507 e. The first-order chi connectivity index (χ1) is 8.11. The van der Waals surface area contributed by atoms with Gasteiger partial charge in [-0.2, -0.15) is 0 Å². The number of carbonyl (C=O) groups is 1. The van der Waals surface area contributed by atoms with E-state index in [4.69, 9.17) is 10.2 Å². The highest BCUT2D eigenvalue weighted by Crippen LogP contribution is 2.20. The maximum absolute atomic E-state index is 10.8. The van der Waals surface area contributed by atoms with Crippen LogP contribution in [0, 0.1) is 0 Å². The quantitative estimate of drug-likeness (QED) is 0.699. The molecule has 2 rings (SSSR count). The Labute approximate surface area is 95.6 Å². The summed E-state index contributed by atoms with van der Waals surface area (Å²) in [5.41, 5.74) is 0.589. The number of carboxylic acid groups (broad SMARTS) is 1. The topological polar surface area (TPSA) is 108 Å². The van der Waals surface area contributed by atoms with Crippen molar-refractivity contribution < 1.29 is 20.1 Å². The van der Waals surface area contributed by atoms with Crippen LogP contribution in [-0.2, 0) is 6.61 Å². The van der Waals surface area contributed by atoms with Crippen molar-refractivity contribution in [2.45, 2.75) is 6.61 Å². The molecular formula is C10H9N3O4. The standard InChI is InChI=1S/C10H9N3O4/c14-5-6-4-13(12-11-6)7-1-2-9(15)8(3-7)10(16)17/h1-4,14-15H,5H2,(H,16,17). The number of nitrogens with zero attached hydrogens (tertiary/aromatic N) is 3. The Kier molecular flexibility index (Phi) is 2.75. The second-order valence-electron chi connectivity index (χ2n) is 3.32. The fourth-order valence-corrected chi connectivity index (χ4v) is 1.33. The van der Waals surface area contributed by atoms with Crippen molar-refractivity contribution in [2.75, 3.05) is 0 Å². The van der Waals surface area contributed by atoms with Gasteiger partial charge in [0.15, 0.2) is 0 Å². The van der Waals surface area contributed by atoms with E-state index in [1.807, 2.05) is 0 Å². The second-order valence-corrected chi connectivity index (χ2v) is 3.32. The summed E-state index contributed by atoms with van der Waals surface area (Å²) in [6, 6.07) is 4.03. The van der Waals surface area contributed by atoms with Gasteiger partial charge in [-0.15, -0.1) is 5.10 Å². The lowest BCUT2D eigenvalue weighted by molar-refractivity contribution is 0.0693. The Morgan fingerprint density at radius 1 is 1.41 bits per heavy atom. The van der Waals surface area contributed by atoms with Gasteiger partial charge in [0.05, 0.1) is 18.5 Å². The molecule has 3 N–H and O–H groups in total. The van der Waals surface area contributed by atoms with Crippen molar-refractivity contribution in [3.63, 3.8) is 0 Å². The SMILES string of the molecule is O=C(O)c1cc(-n2cc(CO)nn2)ccc1O. The van der Waals surface area contributed by atoms with E-state index in [0.29, 0.717) is 11.4 Å². The van der Waals surface area contributed by atoms with E-state index in [9.17, 15) is 9.90 Å². The number of aliphatic hydroxyl groups is 1. The summed E-state index contributed by atoms with van der Waals surface area (Å²) in [5.74, 6) is -1.55. The molecule has 0 fully saturated rings.